The largest absolute Gasteiger partial charge is 0.472 e. The number of aliphatic imine (C=N–C) groups is 1. The molecule has 0 saturated carbocycles. The molecule has 2 N–H and O–H groups in total. The van der Waals surface area contributed by atoms with Crippen molar-refractivity contribution in [1.82, 2.24) is 15.6 Å². The molecule has 1 atom stereocenters. The van der Waals surface area contributed by atoms with E-state index in [2.05, 4.69) is 15.6 Å². The quantitative estimate of drug-likeness (QED) is 0.523. The SMILES string of the molecule is CC(C)(C)Oc1ccc(CN=C(NCCc2ccco2)NCC2CCOC2)cn1. The molecular weight excluding hydrogens is 368 g/mol. The average Bonchev–Trinajstić information content (AvgIpc) is 3.37. The van der Waals surface area contributed by atoms with Crippen molar-refractivity contribution in [2.45, 2.75) is 45.8 Å². The zero-order valence-electron chi connectivity index (χ0n) is 17.6. The highest BCUT2D eigenvalue weighted by Gasteiger charge is 2.16. The first-order chi connectivity index (χ1) is 14.0. The highest BCUT2D eigenvalue weighted by atomic mass is 16.5. The fraction of sp³-hybridized carbons (Fsp3) is 0.545. The van der Waals surface area contributed by atoms with Gasteiger partial charge in [-0.1, -0.05) is 6.07 Å². The number of pyridine rings is 1. The van der Waals surface area contributed by atoms with Crippen molar-refractivity contribution in [2.24, 2.45) is 10.9 Å². The topological polar surface area (TPSA) is 80.9 Å². The van der Waals surface area contributed by atoms with Gasteiger partial charge in [-0.3, -0.25) is 0 Å². The lowest BCUT2D eigenvalue weighted by molar-refractivity contribution is 0.124. The van der Waals surface area contributed by atoms with E-state index in [4.69, 9.17) is 18.9 Å². The number of ether oxygens (including phenoxy) is 2. The molecule has 2 aromatic rings. The molecule has 0 aliphatic carbocycles. The van der Waals surface area contributed by atoms with Gasteiger partial charge in [0.2, 0.25) is 5.88 Å². The predicted octanol–water partition coefficient (Wildman–Crippen LogP) is 3.17. The molecule has 0 spiro atoms. The van der Waals surface area contributed by atoms with Crippen LogP contribution in [-0.2, 0) is 17.7 Å². The molecule has 0 radical (unpaired) electrons. The number of nitrogens with zero attached hydrogens (tertiary/aromatic N) is 2. The van der Waals surface area contributed by atoms with E-state index in [0.717, 1.165) is 56.4 Å². The number of nitrogens with one attached hydrogen (secondary N) is 2. The Hall–Kier alpha value is -2.54. The number of hydrogen-bond donors (Lipinski definition) is 2. The second-order valence-corrected chi connectivity index (χ2v) is 8.25. The maximum absolute atomic E-state index is 5.77. The lowest BCUT2D eigenvalue weighted by atomic mass is 10.1. The van der Waals surface area contributed by atoms with E-state index >= 15 is 0 Å². The second-order valence-electron chi connectivity index (χ2n) is 8.25. The smallest absolute Gasteiger partial charge is 0.213 e. The van der Waals surface area contributed by atoms with Gasteiger partial charge in [0.05, 0.1) is 19.4 Å². The normalized spacial score (nSPS) is 17.3. The van der Waals surface area contributed by atoms with Crippen molar-refractivity contribution in [1.29, 1.82) is 0 Å². The summed E-state index contributed by atoms with van der Waals surface area (Å²) in [7, 11) is 0. The van der Waals surface area contributed by atoms with Crippen molar-refractivity contribution in [3.05, 3.63) is 48.0 Å². The van der Waals surface area contributed by atoms with Crippen molar-refractivity contribution in [3.8, 4) is 5.88 Å². The number of furan rings is 1. The van der Waals surface area contributed by atoms with Crippen LogP contribution in [0.25, 0.3) is 0 Å². The van der Waals surface area contributed by atoms with Crippen LogP contribution in [0.3, 0.4) is 0 Å². The summed E-state index contributed by atoms with van der Waals surface area (Å²) >= 11 is 0. The predicted molar refractivity (Wildman–Crippen MR) is 113 cm³/mol. The summed E-state index contributed by atoms with van der Waals surface area (Å²) < 4.78 is 16.6. The highest BCUT2D eigenvalue weighted by molar-refractivity contribution is 5.79. The van der Waals surface area contributed by atoms with Crippen molar-refractivity contribution in [2.75, 3.05) is 26.3 Å². The van der Waals surface area contributed by atoms with Gasteiger partial charge < -0.3 is 24.5 Å². The fourth-order valence-corrected chi connectivity index (χ4v) is 2.97. The Morgan fingerprint density at radius 3 is 2.83 bits per heavy atom. The summed E-state index contributed by atoms with van der Waals surface area (Å²) in [6, 6.07) is 7.78. The van der Waals surface area contributed by atoms with Crippen molar-refractivity contribution >= 4 is 5.96 Å². The summed E-state index contributed by atoms with van der Waals surface area (Å²) in [5.74, 6) is 2.90. The Balaban J connectivity index is 1.54. The summed E-state index contributed by atoms with van der Waals surface area (Å²) in [4.78, 5) is 9.11. The number of aromatic nitrogens is 1. The van der Waals surface area contributed by atoms with Crippen LogP contribution in [0.1, 0.15) is 38.5 Å². The molecule has 0 bridgehead atoms. The molecule has 1 fully saturated rings. The van der Waals surface area contributed by atoms with E-state index in [1.54, 1.807) is 6.26 Å². The van der Waals surface area contributed by atoms with Crippen LogP contribution in [0, 0.1) is 5.92 Å². The van der Waals surface area contributed by atoms with E-state index in [1.165, 1.54) is 0 Å². The number of guanidine groups is 1. The molecule has 29 heavy (non-hydrogen) atoms. The highest BCUT2D eigenvalue weighted by Crippen LogP contribution is 2.15. The third-order valence-electron chi connectivity index (χ3n) is 4.45. The van der Waals surface area contributed by atoms with Crippen LogP contribution in [0.15, 0.2) is 46.1 Å². The zero-order chi connectivity index (χ0) is 20.5. The number of rotatable bonds is 8. The minimum atomic E-state index is -0.258. The van der Waals surface area contributed by atoms with Crippen LogP contribution in [0.4, 0.5) is 0 Å². The van der Waals surface area contributed by atoms with Gasteiger partial charge in [0.25, 0.3) is 0 Å². The maximum atomic E-state index is 5.77. The Morgan fingerprint density at radius 2 is 2.17 bits per heavy atom. The minimum absolute atomic E-state index is 0.258. The monoisotopic (exact) mass is 400 g/mol. The summed E-state index contributed by atoms with van der Waals surface area (Å²) in [5.41, 5.74) is 0.772. The molecule has 2 aromatic heterocycles. The van der Waals surface area contributed by atoms with Crippen LogP contribution in [-0.4, -0.2) is 42.8 Å². The average molecular weight is 401 g/mol. The molecule has 0 aromatic carbocycles. The number of hydrogen-bond acceptors (Lipinski definition) is 5. The van der Waals surface area contributed by atoms with Crippen LogP contribution >= 0.6 is 0 Å². The van der Waals surface area contributed by atoms with Gasteiger partial charge in [-0.25, -0.2) is 9.98 Å². The molecule has 7 nitrogen and oxygen atoms in total. The van der Waals surface area contributed by atoms with E-state index < -0.39 is 0 Å². The third kappa shape index (κ3) is 7.77. The van der Waals surface area contributed by atoms with E-state index in [0.29, 0.717) is 18.3 Å². The Labute approximate surface area is 172 Å². The Morgan fingerprint density at radius 1 is 1.28 bits per heavy atom. The van der Waals surface area contributed by atoms with E-state index in [-0.39, 0.29) is 5.60 Å². The van der Waals surface area contributed by atoms with Crippen LogP contribution < -0.4 is 15.4 Å². The molecular formula is C22H32N4O3. The molecule has 7 heteroatoms. The standard InChI is InChI=1S/C22H32N4O3/c1-22(2,3)29-20-7-6-17(13-24-20)14-25-21(26-15-18-9-12-27-16-18)23-10-8-19-5-4-11-28-19/h4-7,11,13,18H,8-10,12,14-16H2,1-3H3,(H2,23,25,26). The molecule has 1 aliphatic rings. The van der Waals surface area contributed by atoms with Crippen LogP contribution in [0.2, 0.25) is 0 Å². The van der Waals surface area contributed by atoms with E-state index in [1.807, 2.05) is 51.2 Å². The molecule has 0 amide bonds. The summed E-state index contributed by atoms with van der Waals surface area (Å²) in [5, 5.41) is 6.83. The van der Waals surface area contributed by atoms with Crippen LogP contribution in [0.5, 0.6) is 5.88 Å². The molecule has 1 aliphatic heterocycles. The van der Waals surface area contributed by atoms with Gasteiger partial charge in [0.15, 0.2) is 5.96 Å². The van der Waals surface area contributed by atoms with Gasteiger partial charge in [-0.15, -0.1) is 0 Å². The van der Waals surface area contributed by atoms with Gasteiger partial charge in [0, 0.05) is 44.3 Å². The summed E-state index contributed by atoms with van der Waals surface area (Å²) in [6.45, 7) is 9.82. The van der Waals surface area contributed by atoms with Gasteiger partial charge >= 0.3 is 0 Å². The molecule has 3 rings (SSSR count). The second kappa shape index (κ2) is 10.3. The van der Waals surface area contributed by atoms with Gasteiger partial charge in [-0.05, 0) is 44.9 Å². The first-order valence-electron chi connectivity index (χ1n) is 10.2. The Bertz CT molecular complexity index is 745. The molecule has 1 unspecified atom stereocenters. The van der Waals surface area contributed by atoms with E-state index in [9.17, 15) is 0 Å². The zero-order valence-corrected chi connectivity index (χ0v) is 17.6. The first kappa shape index (κ1) is 21.2. The maximum Gasteiger partial charge on any atom is 0.213 e. The lowest BCUT2D eigenvalue weighted by Crippen LogP contribution is -2.40. The lowest BCUT2D eigenvalue weighted by Gasteiger charge is -2.20. The fourth-order valence-electron chi connectivity index (χ4n) is 2.97. The van der Waals surface area contributed by atoms with Crippen molar-refractivity contribution in [3.63, 3.8) is 0 Å². The van der Waals surface area contributed by atoms with Crippen molar-refractivity contribution < 1.29 is 13.9 Å². The van der Waals surface area contributed by atoms with Gasteiger partial charge in [0.1, 0.15) is 11.4 Å². The molecule has 158 valence electrons. The summed E-state index contributed by atoms with van der Waals surface area (Å²) in [6.07, 6.45) is 5.41. The molecule has 1 saturated heterocycles. The first-order valence-corrected chi connectivity index (χ1v) is 10.2. The third-order valence-corrected chi connectivity index (χ3v) is 4.45. The Kier molecular flexibility index (Phi) is 7.52. The minimum Gasteiger partial charge on any atom is -0.472 e. The molecule has 3 heterocycles. The van der Waals surface area contributed by atoms with Gasteiger partial charge in [-0.2, -0.15) is 0 Å².